The largest absolute Gasteiger partial charge is 0.480 e. The van der Waals surface area contributed by atoms with Crippen LogP contribution in [0.3, 0.4) is 0 Å². The average molecular weight is 254 g/mol. The van der Waals surface area contributed by atoms with Gasteiger partial charge in [0.05, 0.1) is 6.10 Å². The van der Waals surface area contributed by atoms with Crippen LogP contribution in [0, 0.1) is 0 Å². The summed E-state index contributed by atoms with van der Waals surface area (Å²) in [4.78, 5) is 25.4. The number of hydrogen-bond acceptors (Lipinski definition) is 4. The molecule has 7 heteroatoms. The van der Waals surface area contributed by atoms with Gasteiger partial charge in [0.15, 0.2) is 5.16 Å². The van der Waals surface area contributed by atoms with Crippen LogP contribution in [0.15, 0.2) is 0 Å². The van der Waals surface area contributed by atoms with Crippen LogP contribution < -0.4 is 0 Å². The zero-order valence-corrected chi connectivity index (χ0v) is 10.9. The van der Waals surface area contributed by atoms with Gasteiger partial charge in [-0.05, 0) is 26.7 Å². The smallest absolute Gasteiger partial charge is 0.372 e. The van der Waals surface area contributed by atoms with E-state index in [0.717, 1.165) is 0 Å². The molecule has 2 N–H and O–H groups in total. The SMILES string of the molecule is CCC(CC)(C(=O)O)P(=O)(O)OOC(C)C. The lowest BCUT2D eigenvalue weighted by atomic mass is 10.0. The van der Waals surface area contributed by atoms with E-state index in [2.05, 4.69) is 9.56 Å². The van der Waals surface area contributed by atoms with E-state index in [-0.39, 0.29) is 12.8 Å². The number of aliphatic carboxylic acids is 1. The van der Waals surface area contributed by atoms with E-state index in [1.165, 1.54) is 13.8 Å². The van der Waals surface area contributed by atoms with Crippen molar-refractivity contribution in [3.63, 3.8) is 0 Å². The van der Waals surface area contributed by atoms with Crippen molar-refractivity contribution in [2.75, 3.05) is 0 Å². The summed E-state index contributed by atoms with van der Waals surface area (Å²) in [6.07, 6.45) is -0.428. The topological polar surface area (TPSA) is 93.1 Å². The number of carboxylic acid groups (broad SMARTS) is 1. The quantitative estimate of drug-likeness (QED) is 0.411. The molecule has 0 rings (SSSR count). The predicted molar refractivity (Wildman–Crippen MR) is 58.1 cm³/mol. The van der Waals surface area contributed by atoms with Crippen LogP contribution in [0.1, 0.15) is 40.5 Å². The van der Waals surface area contributed by atoms with E-state index in [1.54, 1.807) is 13.8 Å². The molecule has 0 saturated carbocycles. The minimum atomic E-state index is -4.37. The molecule has 1 unspecified atom stereocenters. The molecule has 0 bridgehead atoms. The van der Waals surface area contributed by atoms with Crippen LogP contribution in [0.25, 0.3) is 0 Å². The molecule has 0 aromatic carbocycles. The molecule has 0 radical (unpaired) electrons. The molecule has 0 amide bonds. The molecule has 0 aromatic rings. The molecule has 96 valence electrons. The Balaban J connectivity index is 5.04. The Morgan fingerprint density at radius 1 is 1.38 bits per heavy atom. The minimum absolute atomic E-state index is 0.00589. The average Bonchev–Trinajstić information content (AvgIpc) is 2.16. The molecule has 0 fully saturated rings. The van der Waals surface area contributed by atoms with Crippen molar-refractivity contribution in [2.24, 2.45) is 0 Å². The third-order valence-corrected chi connectivity index (χ3v) is 4.64. The first kappa shape index (κ1) is 15.6. The lowest BCUT2D eigenvalue weighted by Gasteiger charge is -2.29. The third kappa shape index (κ3) is 3.04. The predicted octanol–water partition coefficient (Wildman–Crippen LogP) is 2.17. The lowest BCUT2D eigenvalue weighted by molar-refractivity contribution is -0.243. The van der Waals surface area contributed by atoms with Crippen LogP contribution in [0.5, 0.6) is 0 Å². The third-order valence-electron chi connectivity index (χ3n) is 2.45. The molecule has 0 aliphatic carbocycles. The first-order valence-corrected chi connectivity index (χ1v) is 6.72. The Morgan fingerprint density at radius 2 is 1.81 bits per heavy atom. The van der Waals surface area contributed by atoms with Crippen LogP contribution in [0.4, 0.5) is 0 Å². The van der Waals surface area contributed by atoms with Gasteiger partial charge < -0.3 is 10.00 Å². The fraction of sp³-hybridized carbons (Fsp3) is 0.889. The van der Waals surface area contributed by atoms with Crippen LogP contribution >= 0.6 is 7.60 Å². The van der Waals surface area contributed by atoms with Crippen molar-refractivity contribution in [1.82, 2.24) is 0 Å². The highest BCUT2D eigenvalue weighted by Crippen LogP contribution is 2.59. The zero-order chi connectivity index (χ0) is 13.0. The first-order valence-electron chi connectivity index (χ1n) is 5.14. The molecule has 0 saturated heterocycles. The van der Waals surface area contributed by atoms with Crippen molar-refractivity contribution in [2.45, 2.75) is 51.8 Å². The Morgan fingerprint density at radius 3 is 2.06 bits per heavy atom. The summed E-state index contributed by atoms with van der Waals surface area (Å²) >= 11 is 0. The van der Waals surface area contributed by atoms with E-state index in [4.69, 9.17) is 5.11 Å². The summed E-state index contributed by atoms with van der Waals surface area (Å²) in [6, 6.07) is 0. The molecule has 0 aromatic heterocycles. The normalized spacial score (nSPS) is 16.1. The van der Waals surface area contributed by atoms with Crippen molar-refractivity contribution in [1.29, 1.82) is 0 Å². The Labute approximate surface area is 95.0 Å². The Hall–Kier alpha value is -0.420. The van der Waals surface area contributed by atoms with Gasteiger partial charge in [0.1, 0.15) is 0 Å². The van der Waals surface area contributed by atoms with E-state index >= 15 is 0 Å². The maximum absolute atomic E-state index is 11.9. The first-order chi connectivity index (χ1) is 7.23. The van der Waals surface area contributed by atoms with Gasteiger partial charge in [-0.3, -0.25) is 9.36 Å². The molecule has 0 heterocycles. The van der Waals surface area contributed by atoms with Crippen LogP contribution in [0.2, 0.25) is 0 Å². The summed E-state index contributed by atoms with van der Waals surface area (Å²) in [6.45, 7) is 6.28. The van der Waals surface area contributed by atoms with Gasteiger partial charge in [0.2, 0.25) is 0 Å². The number of hydrogen-bond donors (Lipinski definition) is 2. The minimum Gasteiger partial charge on any atom is -0.480 e. The Bertz CT molecular complexity index is 284. The molecular formula is C9H19O6P. The highest BCUT2D eigenvalue weighted by atomic mass is 31.2. The van der Waals surface area contributed by atoms with Crippen LogP contribution in [-0.4, -0.2) is 27.2 Å². The monoisotopic (exact) mass is 254 g/mol. The number of carbonyl (C=O) groups is 1. The molecule has 1 atom stereocenters. The van der Waals surface area contributed by atoms with Gasteiger partial charge in [-0.25, -0.2) is 4.89 Å². The van der Waals surface area contributed by atoms with Gasteiger partial charge in [-0.2, -0.15) is 0 Å². The maximum Gasteiger partial charge on any atom is 0.372 e. The summed E-state index contributed by atoms with van der Waals surface area (Å²) in [5.74, 6) is -1.35. The second-order valence-electron chi connectivity index (χ2n) is 3.78. The van der Waals surface area contributed by atoms with Crippen molar-refractivity contribution < 1.29 is 28.9 Å². The highest BCUT2D eigenvalue weighted by molar-refractivity contribution is 7.55. The molecule has 0 spiro atoms. The van der Waals surface area contributed by atoms with Crippen molar-refractivity contribution >= 4 is 13.6 Å². The van der Waals surface area contributed by atoms with Gasteiger partial charge in [-0.15, -0.1) is 4.67 Å². The van der Waals surface area contributed by atoms with E-state index < -0.39 is 24.8 Å². The van der Waals surface area contributed by atoms with Crippen molar-refractivity contribution in [3.05, 3.63) is 0 Å². The molecule has 0 aliphatic rings. The van der Waals surface area contributed by atoms with Crippen LogP contribution in [-0.2, 0) is 18.9 Å². The van der Waals surface area contributed by atoms with Gasteiger partial charge in [-0.1, -0.05) is 13.8 Å². The van der Waals surface area contributed by atoms with E-state index in [9.17, 15) is 14.3 Å². The standard InChI is InChI=1S/C9H19O6P/c1-5-9(6-2,8(10)11)16(12,13)15-14-7(3)4/h7H,5-6H2,1-4H3,(H,10,11)(H,12,13). The second kappa shape index (κ2) is 5.77. The summed E-state index contributed by atoms with van der Waals surface area (Å²) in [5.41, 5.74) is 0. The zero-order valence-electron chi connectivity index (χ0n) is 9.97. The van der Waals surface area contributed by atoms with Gasteiger partial charge >= 0.3 is 13.6 Å². The highest BCUT2D eigenvalue weighted by Gasteiger charge is 2.54. The fourth-order valence-electron chi connectivity index (χ4n) is 1.29. The number of rotatable bonds is 7. The van der Waals surface area contributed by atoms with Crippen molar-refractivity contribution in [3.8, 4) is 0 Å². The number of carboxylic acids is 1. The summed E-state index contributed by atoms with van der Waals surface area (Å²) < 4.78 is 16.3. The Kier molecular flexibility index (Phi) is 5.62. The molecular weight excluding hydrogens is 235 g/mol. The van der Waals surface area contributed by atoms with Gasteiger partial charge in [0.25, 0.3) is 0 Å². The molecule has 6 nitrogen and oxygen atoms in total. The maximum atomic E-state index is 11.9. The second-order valence-corrected chi connectivity index (χ2v) is 5.83. The lowest BCUT2D eigenvalue weighted by Crippen LogP contribution is -2.38. The fourth-order valence-corrected chi connectivity index (χ4v) is 2.76. The van der Waals surface area contributed by atoms with E-state index in [1.807, 2.05) is 0 Å². The summed E-state index contributed by atoms with van der Waals surface area (Å²) in [7, 11) is -4.37. The molecule has 16 heavy (non-hydrogen) atoms. The van der Waals surface area contributed by atoms with Gasteiger partial charge in [0, 0.05) is 0 Å². The molecule has 0 aliphatic heterocycles. The summed E-state index contributed by atoms with van der Waals surface area (Å²) in [5, 5.41) is 7.25. The van der Waals surface area contributed by atoms with E-state index in [0.29, 0.717) is 0 Å².